The van der Waals surface area contributed by atoms with Crippen molar-refractivity contribution in [2.45, 2.75) is 6.10 Å². The number of aromatic nitrogens is 2. The van der Waals surface area contributed by atoms with Gasteiger partial charge in [0.1, 0.15) is 22.4 Å². The normalized spacial score (nSPS) is 20.4. The molecule has 0 spiro atoms. The fourth-order valence-electron chi connectivity index (χ4n) is 1.78. The van der Waals surface area contributed by atoms with Crippen molar-refractivity contribution in [3.8, 4) is 0 Å². The highest BCUT2D eigenvalue weighted by Crippen LogP contribution is 2.29. The predicted octanol–water partition coefficient (Wildman–Crippen LogP) is 0.478. The number of hydrogen-bond donors (Lipinski definition) is 2. The first-order chi connectivity index (χ1) is 8.26. The molecule has 94 valence electrons. The van der Waals surface area contributed by atoms with Gasteiger partial charge in [0.05, 0.1) is 19.3 Å². The van der Waals surface area contributed by atoms with E-state index in [-0.39, 0.29) is 12.7 Å². The second-order valence-electron chi connectivity index (χ2n) is 3.73. The number of halogens is 1. The summed E-state index contributed by atoms with van der Waals surface area (Å²) < 4.78 is 6.24. The van der Waals surface area contributed by atoms with Crippen molar-refractivity contribution in [3.05, 3.63) is 10.8 Å². The Bertz CT molecular complexity index is 391. The lowest BCUT2D eigenvalue weighted by Gasteiger charge is -2.33. The van der Waals surface area contributed by atoms with Gasteiger partial charge in [-0.2, -0.15) is 0 Å². The number of aliphatic hydroxyl groups excluding tert-OH is 1. The SMILES string of the molecule is CNc1ncnc(N2CCOC(CO)C2)c1Br. The molecule has 0 aromatic carbocycles. The molecule has 1 saturated heterocycles. The third-order valence-electron chi connectivity index (χ3n) is 2.65. The highest BCUT2D eigenvalue weighted by atomic mass is 79.9. The van der Waals surface area contributed by atoms with Crippen molar-refractivity contribution in [3.63, 3.8) is 0 Å². The van der Waals surface area contributed by atoms with Gasteiger partial charge in [0, 0.05) is 20.1 Å². The van der Waals surface area contributed by atoms with Crippen molar-refractivity contribution in [2.24, 2.45) is 0 Å². The molecule has 6 nitrogen and oxygen atoms in total. The Labute approximate surface area is 108 Å². The van der Waals surface area contributed by atoms with Gasteiger partial charge in [-0.3, -0.25) is 0 Å². The molecule has 2 rings (SSSR count). The third-order valence-corrected chi connectivity index (χ3v) is 3.38. The summed E-state index contributed by atoms with van der Waals surface area (Å²) in [5, 5.41) is 12.1. The molecular formula is C10H15BrN4O2. The monoisotopic (exact) mass is 302 g/mol. The summed E-state index contributed by atoms with van der Waals surface area (Å²) in [6, 6.07) is 0. The van der Waals surface area contributed by atoms with Crippen molar-refractivity contribution < 1.29 is 9.84 Å². The Morgan fingerprint density at radius 1 is 1.65 bits per heavy atom. The maximum atomic E-state index is 9.12. The van der Waals surface area contributed by atoms with Crippen LogP contribution in [0.5, 0.6) is 0 Å². The zero-order valence-corrected chi connectivity index (χ0v) is 11.1. The van der Waals surface area contributed by atoms with Crippen LogP contribution >= 0.6 is 15.9 Å². The molecule has 17 heavy (non-hydrogen) atoms. The molecule has 2 heterocycles. The summed E-state index contributed by atoms with van der Waals surface area (Å²) in [5.74, 6) is 1.58. The molecule has 0 bridgehead atoms. The molecule has 0 saturated carbocycles. The van der Waals surface area contributed by atoms with E-state index in [4.69, 9.17) is 9.84 Å². The first kappa shape index (κ1) is 12.5. The molecule has 1 unspecified atom stereocenters. The van der Waals surface area contributed by atoms with E-state index >= 15 is 0 Å². The van der Waals surface area contributed by atoms with E-state index in [2.05, 4.69) is 36.1 Å². The Morgan fingerprint density at radius 3 is 3.18 bits per heavy atom. The molecule has 1 atom stereocenters. The van der Waals surface area contributed by atoms with Crippen LogP contribution in [0.2, 0.25) is 0 Å². The fraction of sp³-hybridized carbons (Fsp3) is 0.600. The second kappa shape index (κ2) is 5.61. The summed E-state index contributed by atoms with van der Waals surface area (Å²) >= 11 is 3.49. The topological polar surface area (TPSA) is 70.5 Å². The average Bonchev–Trinajstić information content (AvgIpc) is 2.39. The molecule has 1 aromatic heterocycles. The molecule has 0 amide bonds. The Kier molecular flexibility index (Phi) is 4.14. The smallest absolute Gasteiger partial charge is 0.148 e. The number of hydrogen-bond acceptors (Lipinski definition) is 6. The number of rotatable bonds is 3. The molecule has 7 heteroatoms. The van der Waals surface area contributed by atoms with Crippen molar-refractivity contribution in [1.82, 2.24) is 9.97 Å². The number of nitrogens with one attached hydrogen (secondary N) is 1. The number of anilines is 2. The third kappa shape index (κ3) is 2.67. The molecule has 1 fully saturated rings. The van der Waals surface area contributed by atoms with Crippen LogP contribution in [-0.4, -0.2) is 54.5 Å². The van der Waals surface area contributed by atoms with Crippen LogP contribution in [0.15, 0.2) is 10.8 Å². The maximum Gasteiger partial charge on any atom is 0.148 e. The van der Waals surface area contributed by atoms with E-state index in [9.17, 15) is 0 Å². The van der Waals surface area contributed by atoms with E-state index in [1.54, 1.807) is 0 Å². The predicted molar refractivity (Wildman–Crippen MR) is 68.3 cm³/mol. The standard InChI is InChI=1S/C10H15BrN4O2/c1-12-9-8(11)10(14-6-13-9)15-2-3-17-7(4-15)5-16/h6-7,16H,2-5H2,1H3,(H,12,13,14). The number of morpholine rings is 1. The lowest BCUT2D eigenvalue weighted by Crippen LogP contribution is -2.44. The minimum atomic E-state index is -0.149. The van der Waals surface area contributed by atoms with Crippen LogP contribution in [0.3, 0.4) is 0 Å². The van der Waals surface area contributed by atoms with Gasteiger partial charge < -0.3 is 20.1 Å². The fourth-order valence-corrected chi connectivity index (χ4v) is 2.43. The summed E-state index contributed by atoms with van der Waals surface area (Å²) in [6.07, 6.45) is 1.37. The van der Waals surface area contributed by atoms with Crippen LogP contribution in [-0.2, 0) is 4.74 Å². The van der Waals surface area contributed by atoms with Gasteiger partial charge in [0.15, 0.2) is 0 Å². The Balaban J connectivity index is 2.21. The first-order valence-electron chi connectivity index (χ1n) is 5.42. The first-order valence-corrected chi connectivity index (χ1v) is 6.21. The van der Waals surface area contributed by atoms with Gasteiger partial charge in [-0.1, -0.05) is 0 Å². The van der Waals surface area contributed by atoms with Gasteiger partial charge in [0.25, 0.3) is 0 Å². The summed E-state index contributed by atoms with van der Waals surface area (Å²) in [4.78, 5) is 10.5. The minimum Gasteiger partial charge on any atom is -0.394 e. The summed E-state index contributed by atoms with van der Waals surface area (Å²) in [6.45, 7) is 2.01. The van der Waals surface area contributed by atoms with Crippen LogP contribution in [0.25, 0.3) is 0 Å². The lowest BCUT2D eigenvalue weighted by atomic mass is 10.3. The average molecular weight is 303 g/mol. The van der Waals surface area contributed by atoms with Crippen LogP contribution < -0.4 is 10.2 Å². The van der Waals surface area contributed by atoms with Crippen LogP contribution in [0, 0.1) is 0 Å². The molecule has 2 N–H and O–H groups in total. The number of ether oxygens (including phenoxy) is 1. The number of nitrogens with zero attached hydrogens (tertiary/aromatic N) is 3. The quantitative estimate of drug-likeness (QED) is 0.846. The van der Waals surface area contributed by atoms with Gasteiger partial charge in [0.2, 0.25) is 0 Å². The van der Waals surface area contributed by atoms with Gasteiger partial charge in [-0.05, 0) is 15.9 Å². The van der Waals surface area contributed by atoms with Gasteiger partial charge in [-0.25, -0.2) is 9.97 Å². The highest BCUT2D eigenvalue weighted by Gasteiger charge is 2.23. The lowest BCUT2D eigenvalue weighted by molar-refractivity contribution is 0.00332. The molecule has 0 radical (unpaired) electrons. The van der Waals surface area contributed by atoms with E-state index < -0.39 is 0 Å². The van der Waals surface area contributed by atoms with Crippen LogP contribution in [0.1, 0.15) is 0 Å². The van der Waals surface area contributed by atoms with E-state index in [0.717, 1.165) is 22.7 Å². The summed E-state index contributed by atoms with van der Waals surface area (Å²) in [5.41, 5.74) is 0. The Hall–Kier alpha value is -0.920. The minimum absolute atomic E-state index is 0.0259. The zero-order chi connectivity index (χ0) is 12.3. The van der Waals surface area contributed by atoms with Crippen molar-refractivity contribution >= 4 is 27.6 Å². The zero-order valence-electron chi connectivity index (χ0n) is 9.56. The maximum absolute atomic E-state index is 9.12. The van der Waals surface area contributed by atoms with E-state index in [0.29, 0.717) is 13.2 Å². The van der Waals surface area contributed by atoms with Crippen molar-refractivity contribution in [1.29, 1.82) is 0 Å². The molecule has 1 aromatic rings. The Morgan fingerprint density at radius 2 is 2.47 bits per heavy atom. The van der Waals surface area contributed by atoms with E-state index in [1.807, 2.05) is 7.05 Å². The van der Waals surface area contributed by atoms with Gasteiger partial charge in [-0.15, -0.1) is 0 Å². The largest absolute Gasteiger partial charge is 0.394 e. The molecular weight excluding hydrogens is 288 g/mol. The van der Waals surface area contributed by atoms with E-state index in [1.165, 1.54) is 6.33 Å². The molecule has 1 aliphatic heterocycles. The molecule has 0 aliphatic carbocycles. The van der Waals surface area contributed by atoms with Crippen molar-refractivity contribution in [2.75, 3.05) is 43.6 Å². The highest BCUT2D eigenvalue weighted by molar-refractivity contribution is 9.10. The van der Waals surface area contributed by atoms with Gasteiger partial charge >= 0.3 is 0 Å². The number of aliphatic hydroxyl groups is 1. The summed E-state index contributed by atoms with van der Waals surface area (Å²) in [7, 11) is 1.81. The second-order valence-corrected chi connectivity index (χ2v) is 4.52. The molecule has 1 aliphatic rings. The van der Waals surface area contributed by atoms with Crippen LogP contribution in [0.4, 0.5) is 11.6 Å².